The number of sulfone groups is 1. The Labute approximate surface area is 154 Å². The molecule has 3 rings (SSSR count). The van der Waals surface area contributed by atoms with Gasteiger partial charge in [0.2, 0.25) is 5.91 Å². The predicted octanol–water partition coefficient (Wildman–Crippen LogP) is 2.58. The maximum absolute atomic E-state index is 12.7. The molecule has 2 fully saturated rings. The molecule has 3 unspecified atom stereocenters. The second-order valence-electron chi connectivity index (χ2n) is 6.98. The van der Waals surface area contributed by atoms with E-state index in [-0.39, 0.29) is 23.4 Å². The first-order chi connectivity index (χ1) is 11.9. The van der Waals surface area contributed by atoms with Gasteiger partial charge >= 0.3 is 0 Å². The van der Waals surface area contributed by atoms with Crippen molar-refractivity contribution >= 4 is 27.5 Å². The van der Waals surface area contributed by atoms with E-state index in [9.17, 15) is 13.2 Å². The lowest BCUT2D eigenvalue weighted by Gasteiger charge is -2.39. The number of nitrogens with zero attached hydrogens (tertiary/aromatic N) is 1. The van der Waals surface area contributed by atoms with Crippen molar-refractivity contribution in [3.8, 4) is 0 Å². The number of nitrogens with one attached hydrogen (secondary N) is 1. The van der Waals surface area contributed by atoms with Gasteiger partial charge in [0.1, 0.15) is 0 Å². The molecule has 0 aliphatic carbocycles. The Morgan fingerprint density at radius 3 is 2.48 bits per heavy atom. The van der Waals surface area contributed by atoms with Crippen LogP contribution in [0.3, 0.4) is 0 Å². The number of carbonyl (C=O) groups excluding carboxylic acids is 1. The smallest absolute Gasteiger partial charge is 0.238 e. The third kappa shape index (κ3) is 4.38. The topological polar surface area (TPSA) is 66.5 Å². The van der Waals surface area contributed by atoms with Crippen LogP contribution in [0.15, 0.2) is 29.2 Å². The van der Waals surface area contributed by atoms with Gasteiger partial charge in [0.25, 0.3) is 0 Å². The lowest BCUT2D eigenvalue weighted by Crippen LogP contribution is -2.50. The molecule has 0 spiro atoms. The van der Waals surface area contributed by atoms with E-state index in [4.69, 9.17) is 0 Å². The van der Waals surface area contributed by atoms with Crippen molar-refractivity contribution in [2.45, 2.75) is 54.5 Å². The number of likely N-dealkylation sites (tertiary alicyclic amines) is 1. The van der Waals surface area contributed by atoms with Crippen molar-refractivity contribution < 1.29 is 13.2 Å². The number of thioether (sulfide) groups is 1. The van der Waals surface area contributed by atoms with Gasteiger partial charge in [-0.25, -0.2) is 8.42 Å². The Kier molecular flexibility index (Phi) is 5.75. The Bertz CT molecular complexity index is 712. The highest BCUT2D eigenvalue weighted by Gasteiger charge is 2.34. The number of amides is 1. The summed E-state index contributed by atoms with van der Waals surface area (Å²) in [6.07, 6.45) is 6.30. The van der Waals surface area contributed by atoms with E-state index in [1.54, 1.807) is 12.1 Å². The molecule has 1 aromatic carbocycles. The zero-order valence-electron chi connectivity index (χ0n) is 14.8. The minimum atomic E-state index is -3.18. The maximum atomic E-state index is 12.7. The summed E-state index contributed by atoms with van der Waals surface area (Å²) in [4.78, 5) is 15.2. The van der Waals surface area contributed by atoms with Crippen LogP contribution in [0.2, 0.25) is 0 Å². The highest BCUT2D eigenvalue weighted by atomic mass is 32.2. The largest absolute Gasteiger partial charge is 0.343 e. The molecule has 0 saturated carbocycles. The van der Waals surface area contributed by atoms with Gasteiger partial charge in [-0.15, -0.1) is 11.8 Å². The molecular formula is C18H26N2O3S2. The number of hydrogen-bond donors (Lipinski definition) is 1. The predicted molar refractivity (Wildman–Crippen MR) is 101 cm³/mol. The fraction of sp³-hybridized carbons (Fsp3) is 0.611. The Balaban J connectivity index is 1.70. The zero-order valence-corrected chi connectivity index (χ0v) is 16.4. The molecule has 1 N–H and O–H groups in total. The van der Waals surface area contributed by atoms with Gasteiger partial charge in [-0.1, -0.05) is 12.1 Å². The molecule has 0 aromatic heterocycles. The fourth-order valence-corrected chi connectivity index (χ4v) is 5.51. The highest BCUT2D eigenvalue weighted by Crippen LogP contribution is 2.34. The SMILES string of the molecule is CN1C(C(=O)NC2CCCS2)CCCC1c1ccc(S(C)(=O)=O)cc1. The molecule has 1 amide bonds. The van der Waals surface area contributed by atoms with Crippen molar-refractivity contribution in [2.75, 3.05) is 19.1 Å². The summed E-state index contributed by atoms with van der Waals surface area (Å²) in [6, 6.07) is 7.12. The van der Waals surface area contributed by atoms with Gasteiger partial charge < -0.3 is 5.32 Å². The molecule has 0 radical (unpaired) electrons. The number of rotatable bonds is 4. The number of hydrogen-bond acceptors (Lipinski definition) is 5. The van der Waals surface area contributed by atoms with Gasteiger partial charge in [0.05, 0.1) is 16.3 Å². The highest BCUT2D eigenvalue weighted by molar-refractivity contribution is 8.00. The zero-order chi connectivity index (χ0) is 18.0. The molecule has 5 nitrogen and oxygen atoms in total. The summed E-state index contributed by atoms with van der Waals surface area (Å²) in [7, 11) is -1.18. The van der Waals surface area contributed by atoms with Crippen LogP contribution in [0, 0.1) is 0 Å². The number of piperidine rings is 1. The first-order valence-electron chi connectivity index (χ1n) is 8.80. The van der Waals surface area contributed by atoms with Crippen LogP contribution in [0.4, 0.5) is 0 Å². The molecule has 2 saturated heterocycles. The third-order valence-electron chi connectivity index (χ3n) is 5.17. The van der Waals surface area contributed by atoms with Gasteiger partial charge in [-0.3, -0.25) is 9.69 Å². The maximum Gasteiger partial charge on any atom is 0.238 e. The van der Waals surface area contributed by atoms with E-state index < -0.39 is 9.84 Å². The van der Waals surface area contributed by atoms with Crippen molar-refractivity contribution in [1.82, 2.24) is 10.2 Å². The summed E-state index contributed by atoms with van der Waals surface area (Å²) < 4.78 is 23.3. The Morgan fingerprint density at radius 2 is 1.88 bits per heavy atom. The molecule has 3 atom stereocenters. The van der Waals surface area contributed by atoms with Gasteiger partial charge in [-0.2, -0.15) is 0 Å². The monoisotopic (exact) mass is 382 g/mol. The van der Waals surface area contributed by atoms with Crippen LogP contribution >= 0.6 is 11.8 Å². The van der Waals surface area contributed by atoms with E-state index in [1.807, 2.05) is 30.9 Å². The van der Waals surface area contributed by atoms with Gasteiger partial charge in [0, 0.05) is 12.3 Å². The van der Waals surface area contributed by atoms with Crippen molar-refractivity contribution in [2.24, 2.45) is 0 Å². The summed E-state index contributed by atoms with van der Waals surface area (Å²) in [6.45, 7) is 0. The molecule has 0 bridgehead atoms. The molecular weight excluding hydrogens is 356 g/mol. The van der Waals surface area contributed by atoms with E-state index in [1.165, 1.54) is 12.7 Å². The first-order valence-corrected chi connectivity index (χ1v) is 11.7. The van der Waals surface area contributed by atoms with Crippen molar-refractivity contribution in [3.05, 3.63) is 29.8 Å². The third-order valence-corrected chi connectivity index (χ3v) is 7.58. The van der Waals surface area contributed by atoms with Crippen LogP contribution in [-0.4, -0.2) is 49.7 Å². The van der Waals surface area contributed by atoms with Crippen molar-refractivity contribution in [3.63, 3.8) is 0 Å². The number of benzene rings is 1. The molecule has 2 aliphatic heterocycles. The second-order valence-corrected chi connectivity index (χ2v) is 10.3. The summed E-state index contributed by atoms with van der Waals surface area (Å²) in [5.74, 6) is 1.25. The quantitative estimate of drug-likeness (QED) is 0.867. The average molecular weight is 383 g/mol. The summed E-state index contributed by atoms with van der Waals surface area (Å²) >= 11 is 1.83. The van der Waals surface area contributed by atoms with Gasteiger partial charge in [0.15, 0.2) is 9.84 Å². The lowest BCUT2D eigenvalue weighted by molar-refractivity contribution is -0.128. The van der Waals surface area contributed by atoms with Gasteiger partial charge in [-0.05, 0) is 62.6 Å². The molecule has 25 heavy (non-hydrogen) atoms. The average Bonchev–Trinajstić information content (AvgIpc) is 3.07. The van der Waals surface area contributed by atoms with Crippen molar-refractivity contribution in [1.29, 1.82) is 0 Å². The molecule has 2 heterocycles. The Hall–Kier alpha value is -1.05. The van der Waals surface area contributed by atoms with Crippen LogP contribution in [0.5, 0.6) is 0 Å². The van der Waals surface area contributed by atoms with Crippen LogP contribution in [0.1, 0.15) is 43.7 Å². The standard InChI is InChI=1S/C18H26N2O3S2/c1-20-15(13-8-10-14(11-9-13)25(2,22)23)5-3-6-16(20)18(21)19-17-7-4-12-24-17/h8-11,15-17H,3-7,12H2,1-2H3,(H,19,21). The van der Waals surface area contributed by atoms with Crippen LogP contribution in [0.25, 0.3) is 0 Å². The fourth-order valence-electron chi connectivity index (χ4n) is 3.73. The minimum absolute atomic E-state index is 0.116. The molecule has 1 aromatic rings. The normalized spacial score (nSPS) is 28.0. The number of carbonyl (C=O) groups is 1. The van der Waals surface area contributed by atoms with Crippen LogP contribution in [-0.2, 0) is 14.6 Å². The van der Waals surface area contributed by atoms with Crippen LogP contribution < -0.4 is 5.32 Å². The molecule has 7 heteroatoms. The lowest BCUT2D eigenvalue weighted by atomic mass is 9.91. The molecule has 138 valence electrons. The van der Waals surface area contributed by atoms with E-state index in [0.29, 0.717) is 4.90 Å². The summed E-state index contributed by atoms with van der Waals surface area (Å²) in [5, 5.41) is 3.44. The number of likely N-dealkylation sites (N-methyl/N-ethyl adjacent to an activating group) is 1. The van der Waals surface area contributed by atoms with E-state index in [2.05, 4.69) is 10.2 Å². The van der Waals surface area contributed by atoms with E-state index in [0.717, 1.165) is 37.0 Å². The van der Waals surface area contributed by atoms with E-state index >= 15 is 0 Å². The second kappa shape index (κ2) is 7.68. The Morgan fingerprint density at radius 1 is 1.16 bits per heavy atom. The molecule has 2 aliphatic rings. The first kappa shape index (κ1) is 18.7. The minimum Gasteiger partial charge on any atom is -0.343 e. The summed E-state index contributed by atoms with van der Waals surface area (Å²) in [5.41, 5.74) is 1.07.